The van der Waals surface area contributed by atoms with Crippen molar-refractivity contribution in [3.8, 4) is 0 Å². The maximum atomic E-state index is 9.27. The average molecular weight is 177 g/mol. The zero-order chi connectivity index (χ0) is 8.85. The van der Waals surface area contributed by atoms with Crippen LogP contribution in [0.1, 0.15) is 26.7 Å². The first-order valence-corrected chi connectivity index (χ1v) is 4.71. The molecule has 68 valence electrons. The molecule has 0 radical (unpaired) electrons. The van der Waals surface area contributed by atoms with Crippen LogP contribution in [0.15, 0.2) is 0 Å². The van der Waals surface area contributed by atoms with Crippen LogP contribution >= 0.6 is 12.6 Å². The van der Waals surface area contributed by atoms with Crippen LogP contribution in [0.2, 0.25) is 0 Å². The Hall–Kier alpha value is 0.270. The van der Waals surface area contributed by atoms with Crippen molar-refractivity contribution in [3.63, 3.8) is 0 Å². The van der Waals surface area contributed by atoms with E-state index >= 15 is 0 Å². The van der Waals surface area contributed by atoms with Crippen molar-refractivity contribution in [1.82, 2.24) is 4.90 Å². The minimum absolute atomic E-state index is 0.202. The van der Waals surface area contributed by atoms with E-state index in [1.54, 1.807) is 0 Å². The van der Waals surface area contributed by atoms with E-state index in [1.807, 2.05) is 7.05 Å². The molecule has 2 nitrogen and oxygen atoms in total. The van der Waals surface area contributed by atoms with E-state index in [1.165, 1.54) is 0 Å². The van der Waals surface area contributed by atoms with E-state index in [0.717, 1.165) is 19.4 Å². The lowest BCUT2D eigenvalue weighted by Crippen LogP contribution is -2.38. The number of hydrogen-bond acceptors (Lipinski definition) is 3. The summed E-state index contributed by atoms with van der Waals surface area (Å²) in [5.74, 6) is 0. The zero-order valence-electron chi connectivity index (χ0n) is 7.62. The van der Waals surface area contributed by atoms with Gasteiger partial charge in [-0.25, -0.2) is 0 Å². The molecule has 2 atom stereocenters. The van der Waals surface area contributed by atoms with Gasteiger partial charge in [-0.15, -0.1) is 12.6 Å². The first kappa shape index (κ1) is 11.3. The van der Waals surface area contributed by atoms with E-state index in [2.05, 4.69) is 31.4 Å². The lowest BCUT2D eigenvalue weighted by atomic mass is 10.1. The Morgan fingerprint density at radius 1 is 1.45 bits per heavy atom. The van der Waals surface area contributed by atoms with Crippen LogP contribution in [-0.4, -0.2) is 35.1 Å². The van der Waals surface area contributed by atoms with E-state index in [9.17, 15) is 5.11 Å². The lowest BCUT2D eigenvalue weighted by molar-refractivity contribution is 0.122. The van der Waals surface area contributed by atoms with Gasteiger partial charge in [0.2, 0.25) is 0 Å². The molecule has 3 heteroatoms. The maximum absolute atomic E-state index is 9.27. The van der Waals surface area contributed by atoms with Crippen LogP contribution in [0.3, 0.4) is 0 Å². The highest BCUT2D eigenvalue weighted by Crippen LogP contribution is 2.11. The van der Waals surface area contributed by atoms with Crippen molar-refractivity contribution >= 4 is 12.6 Å². The summed E-state index contributed by atoms with van der Waals surface area (Å²) in [5.41, 5.74) is -0.514. The molecule has 11 heavy (non-hydrogen) atoms. The zero-order valence-corrected chi connectivity index (χ0v) is 8.51. The number of aliphatic hydroxyl groups is 1. The highest BCUT2D eigenvalue weighted by Gasteiger charge is 2.17. The second kappa shape index (κ2) is 5.86. The molecule has 0 heterocycles. The van der Waals surface area contributed by atoms with Gasteiger partial charge in [-0.2, -0.15) is 0 Å². The summed E-state index contributed by atoms with van der Waals surface area (Å²) in [5, 5.41) is 9.27. The van der Waals surface area contributed by atoms with Crippen molar-refractivity contribution in [2.45, 2.75) is 38.2 Å². The summed E-state index contributed by atoms with van der Waals surface area (Å²) < 4.78 is 0. The summed E-state index contributed by atoms with van der Waals surface area (Å²) in [6, 6.07) is 0.202. The Balaban J connectivity index is 3.87. The molecule has 0 saturated carbocycles. The van der Waals surface area contributed by atoms with Crippen LogP contribution in [0, 0.1) is 0 Å². The second-order valence-corrected chi connectivity index (χ2v) is 3.37. The Bertz CT molecular complexity index is 98.1. The van der Waals surface area contributed by atoms with Crippen LogP contribution in [0.25, 0.3) is 0 Å². The fourth-order valence-electron chi connectivity index (χ4n) is 1.13. The molecule has 0 aliphatic carbocycles. The SMILES string of the molecule is CCCC(C(O)S)N(C)CC. The molecule has 0 aromatic heterocycles. The number of thiol groups is 1. The third-order valence-corrected chi connectivity index (χ3v) is 2.34. The second-order valence-electron chi connectivity index (χ2n) is 2.84. The third-order valence-electron chi connectivity index (χ3n) is 1.99. The van der Waals surface area contributed by atoms with Crippen molar-refractivity contribution < 1.29 is 5.11 Å². The molecule has 0 bridgehead atoms. The van der Waals surface area contributed by atoms with Gasteiger partial charge in [0.25, 0.3) is 0 Å². The molecule has 0 saturated heterocycles. The Kier molecular flexibility index (Phi) is 6.01. The molecular weight excluding hydrogens is 158 g/mol. The number of hydrogen-bond donors (Lipinski definition) is 2. The molecule has 0 aromatic carbocycles. The predicted molar refractivity (Wildman–Crippen MR) is 52.0 cm³/mol. The predicted octanol–water partition coefficient (Wildman–Crippen LogP) is 1.35. The maximum Gasteiger partial charge on any atom is 0.112 e. The van der Waals surface area contributed by atoms with E-state index in [4.69, 9.17) is 0 Å². The summed E-state index contributed by atoms with van der Waals surface area (Å²) in [6.07, 6.45) is 2.10. The Morgan fingerprint density at radius 3 is 2.27 bits per heavy atom. The smallest absolute Gasteiger partial charge is 0.112 e. The van der Waals surface area contributed by atoms with E-state index < -0.39 is 5.44 Å². The van der Waals surface area contributed by atoms with Gasteiger partial charge >= 0.3 is 0 Å². The molecule has 2 unspecified atom stereocenters. The van der Waals surface area contributed by atoms with Gasteiger partial charge in [0.05, 0.1) is 0 Å². The van der Waals surface area contributed by atoms with Crippen molar-refractivity contribution in [1.29, 1.82) is 0 Å². The third kappa shape index (κ3) is 3.99. The number of nitrogens with zero attached hydrogens (tertiary/aromatic N) is 1. The molecule has 0 aliphatic heterocycles. The number of aliphatic hydroxyl groups excluding tert-OH is 1. The molecule has 0 spiro atoms. The van der Waals surface area contributed by atoms with Gasteiger partial charge in [-0.1, -0.05) is 20.3 Å². The normalized spacial score (nSPS) is 16.9. The molecular formula is C8H19NOS. The molecule has 1 N–H and O–H groups in total. The van der Waals surface area contributed by atoms with E-state index in [-0.39, 0.29) is 6.04 Å². The van der Waals surface area contributed by atoms with Crippen LogP contribution in [0.5, 0.6) is 0 Å². The monoisotopic (exact) mass is 177 g/mol. The van der Waals surface area contributed by atoms with Gasteiger partial charge in [0.15, 0.2) is 0 Å². The number of likely N-dealkylation sites (N-methyl/N-ethyl adjacent to an activating group) is 1. The van der Waals surface area contributed by atoms with Crippen LogP contribution in [0.4, 0.5) is 0 Å². The minimum Gasteiger partial charge on any atom is -0.381 e. The van der Waals surface area contributed by atoms with Crippen LogP contribution in [-0.2, 0) is 0 Å². The first-order chi connectivity index (χ1) is 5.13. The largest absolute Gasteiger partial charge is 0.381 e. The van der Waals surface area contributed by atoms with Gasteiger partial charge < -0.3 is 10.0 Å². The van der Waals surface area contributed by atoms with Gasteiger partial charge in [0, 0.05) is 6.04 Å². The van der Waals surface area contributed by atoms with Gasteiger partial charge in [0.1, 0.15) is 5.44 Å². The minimum atomic E-state index is -0.514. The van der Waals surface area contributed by atoms with Gasteiger partial charge in [-0.05, 0) is 20.0 Å². The summed E-state index contributed by atoms with van der Waals surface area (Å²) in [7, 11) is 2.01. The quantitative estimate of drug-likeness (QED) is 0.489. The summed E-state index contributed by atoms with van der Waals surface area (Å²) >= 11 is 4.03. The highest BCUT2D eigenvalue weighted by molar-refractivity contribution is 7.80. The fourth-order valence-corrected chi connectivity index (χ4v) is 1.50. The van der Waals surface area contributed by atoms with Crippen molar-refractivity contribution in [2.75, 3.05) is 13.6 Å². The Morgan fingerprint density at radius 2 is 2.00 bits per heavy atom. The van der Waals surface area contributed by atoms with Crippen molar-refractivity contribution in [3.05, 3.63) is 0 Å². The Labute approximate surface area is 75.0 Å². The lowest BCUT2D eigenvalue weighted by Gasteiger charge is -2.28. The van der Waals surface area contributed by atoms with E-state index in [0.29, 0.717) is 0 Å². The summed E-state index contributed by atoms with van der Waals surface area (Å²) in [4.78, 5) is 2.13. The highest BCUT2D eigenvalue weighted by atomic mass is 32.1. The van der Waals surface area contributed by atoms with Crippen LogP contribution < -0.4 is 0 Å². The first-order valence-electron chi connectivity index (χ1n) is 4.19. The molecule has 0 aliphatic rings. The number of rotatable bonds is 5. The molecule has 0 aromatic rings. The topological polar surface area (TPSA) is 23.5 Å². The fraction of sp³-hybridized carbons (Fsp3) is 1.00. The molecule has 0 fully saturated rings. The summed E-state index contributed by atoms with van der Waals surface area (Å²) in [6.45, 7) is 5.16. The van der Waals surface area contributed by atoms with Gasteiger partial charge in [-0.3, -0.25) is 0 Å². The standard InChI is InChI=1S/C8H19NOS/c1-4-6-7(8(10)11)9(3)5-2/h7-8,10-11H,4-6H2,1-3H3. The van der Waals surface area contributed by atoms with Crippen molar-refractivity contribution in [2.24, 2.45) is 0 Å². The average Bonchev–Trinajstić information content (AvgIpc) is 1.98. The molecule has 0 rings (SSSR count). The molecule has 0 amide bonds.